The topological polar surface area (TPSA) is 42.2 Å². The number of anilines is 1. The molecule has 0 saturated heterocycles. The van der Waals surface area contributed by atoms with E-state index >= 15 is 0 Å². The number of hydrogen-bond acceptors (Lipinski definition) is 4. The number of aromatic nitrogens is 3. The molecule has 0 radical (unpaired) electrons. The van der Waals surface area contributed by atoms with Gasteiger partial charge in [-0.05, 0) is 43.0 Å². The van der Waals surface area contributed by atoms with Crippen LogP contribution in [0.1, 0.15) is 23.4 Å². The summed E-state index contributed by atoms with van der Waals surface area (Å²) in [7, 11) is 0. The minimum Gasteiger partial charge on any atom is -0.346 e. The van der Waals surface area contributed by atoms with Crippen LogP contribution < -0.4 is 5.32 Å². The Kier molecular flexibility index (Phi) is 2.76. The third-order valence-electron chi connectivity index (χ3n) is 2.81. The smallest absolute Gasteiger partial charge is 0.243 e. The standard InChI is InChI=1S/C13H14N4S/c1-9-5-6-17-12(8-9)15-13(16-17)14-10(2)11-4-3-7-18-11/h3-8,10H,1-2H3,(H,14,16). The summed E-state index contributed by atoms with van der Waals surface area (Å²) in [5.74, 6) is 0.668. The quantitative estimate of drug-likeness (QED) is 0.784. The summed E-state index contributed by atoms with van der Waals surface area (Å²) in [6, 6.07) is 8.44. The van der Waals surface area contributed by atoms with Gasteiger partial charge in [-0.1, -0.05) is 6.07 Å². The summed E-state index contributed by atoms with van der Waals surface area (Å²) < 4.78 is 1.79. The first kappa shape index (κ1) is 11.2. The number of nitrogens with zero attached hydrogens (tertiary/aromatic N) is 3. The van der Waals surface area contributed by atoms with Gasteiger partial charge in [-0.15, -0.1) is 16.4 Å². The molecule has 0 amide bonds. The highest BCUT2D eigenvalue weighted by Gasteiger charge is 2.09. The maximum Gasteiger partial charge on any atom is 0.243 e. The fourth-order valence-electron chi connectivity index (χ4n) is 1.85. The Morgan fingerprint density at radius 1 is 1.39 bits per heavy atom. The zero-order valence-corrected chi connectivity index (χ0v) is 11.1. The van der Waals surface area contributed by atoms with Crippen LogP contribution in [0.5, 0.6) is 0 Å². The van der Waals surface area contributed by atoms with Gasteiger partial charge in [0.2, 0.25) is 5.95 Å². The largest absolute Gasteiger partial charge is 0.346 e. The average molecular weight is 258 g/mol. The van der Waals surface area contributed by atoms with Crippen molar-refractivity contribution in [2.24, 2.45) is 0 Å². The third-order valence-corrected chi connectivity index (χ3v) is 3.86. The summed E-state index contributed by atoms with van der Waals surface area (Å²) in [5.41, 5.74) is 2.06. The zero-order valence-electron chi connectivity index (χ0n) is 10.3. The van der Waals surface area contributed by atoms with Gasteiger partial charge >= 0.3 is 0 Å². The molecular formula is C13H14N4S. The molecule has 0 aliphatic heterocycles. The molecule has 1 N–H and O–H groups in total. The van der Waals surface area contributed by atoms with Crippen LogP contribution in [-0.2, 0) is 0 Å². The molecule has 3 aromatic rings. The van der Waals surface area contributed by atoms with Crippen LogP contribution in [0.25, 0.3) is 5.65 Å². The molecule has 3 aromatic heterocycles. The van der Waals surface area contributed by atoms with Gasteiger partial charge in [0.05, 0.1) is 6.04 Å². The molecule has 92 valence electrons. The lowest BCUT2D eigenvalue weighted by atomic mass is 10.3. The van der Waals surface area contributed by atoms with Crippen molar-refractivity contribution in [3.63, 3.8) is 0 Å². The van der Waals surface area contributed by atoms with Crippen molar-refractivity contribution in [2.75, 3.05) is 5.32 Å². The van der Waals surface area contributed by atoms with E-state index in [1.807, 2.05) is 18.3 Å². The van der Waals surface area contributed by atoms with Crippen LogP contribution in [0.3, 0.4) is 0 Å². The predicted octanol–water partition coefficient (Wildman–Crippen LogP) is 3.27. The molecule has 1 atom stereocenters. The molecular weight excluding hydrogens is 244 g/mol. The number of pyridine rings is 1. The Hall–Kier alpha value is -1.88. The molecule has 3 rings (SSSR count). The minimum atomic E-state index is 0.225. The van der Waals surface area contributed by atoms with Gasteiger partial charge < -0.3 is 5.32 Å². The van der Waals surface area contributed by atoms with E-state index in [1.54, 1.807) is 15.9 Å². The second-order valence-electron chi connectivity index (χ2n) is 4.32. The summed E-state index contributed by atoms with van der Waals surface area (Å²) >= 11 is 1.73. The Balaban J connectivity index is 1.86. The minimum absolute atomic E-state index is 0.225. The zero-order chi connectivity index (χ0) is 12.5. The van der Waals surface area contributed by atoms with Crippen LogP contribution in [-0.4, -0.2) is 14.6 Å². The molecule has 0 saturated carbocycles. The highest BCUT2D eigenvalue weighted by Crippen LogP contribution is 2.21. The van der Waals surface area contributed by atoms with Gasteiger partial charge in [-0.3, -0.25) is 0 Å². The third kappa shape index (κ3) is 2.09. The summed E-state index contributed by atoms with van der Waals surface area (Å²) in [5, 5.41) is 9.80. The first-order valence-corrected chi connectivity index (χ1v) is 6.73. The number of aryl methyl sites for hydroxylation is 1. The second-order valence-corrected chi connectivity index (χ2v) is 5.30. The summed E-state index contributed by atoms with van der Waals surface area (Å²) in [6.45, 7) is 4.17. The van der Waals surface area contributed by atoms with Crippen molar-refractivity contribution in [2.45, 2.75) is 19.9 Å². The van der Waals surface area contributed by atoms with Gasteiger partial charge in [0.1, 0.15) is 0 Å². The SMILES string of the molecule is Cc1ccn2nc(NC(C)c3cccs3)nc2c1. The summed E-state index contributed by atoms with van der Waals surface area (Å²) in [4.78, 5) is 5.75. The number of rotatable bonds is 3. The van der Waals surface area contributed by atoms with Crippen LogP contribution in [0.2, 0.25) is 0 Å². The van der Waals surface area contributed by atoms with Crippen molar-refractivity contribution in [3.05, 3.63) is 46.3 Å². The Morgan fingerprint density at radius 2 is 2.28 bits per heavy atom. The Morgan fingerprint density at radius 3 is 3.06 bits per heavy atom. The number of nitrogens with one attached hydrogen (secondary N) is 1. The maximum atomic E-state index is 4.47. The molecule has 0 bridgehead atoms. The normalized spacial score (nSPS) is 12.8. The predicted molar refractivity (Wildman–Crippen MR) is 74.1 cm³/mol. The highest BCUT2D eigenvalue weighted by atomic mass is 32.1. The van der Waals surface area contributed by atoms with E-state index in [4.69, 9.17) is 0 Å². The first-order chi connectivity index (χ1) is 8.72. The molecule has 3 heterocycles. The highest BCUT2D eigenvalue weighted by molar-refractivity contribution is 7.10. The van der Waals surface area contributed by atoms with Gasteiger partial charge in [0, 0.05) is 11.1 Å². The molecule has 0 aromatic carbocycles. The number of thiophene rings is 1. The Labute approximate surface area is 109 Å². The molecule has 0 aliphatic rings. The molecule has 0 aliphatic carbocycles. The lowest BCUT2D eigenvalue weighted by Crippen LogP contribution is -2.06. The molecule has 0 fully saturated rings. The lowest BCUT2D eigenvalue weighted by Gasteiger charge is -2.09. The first-order valence-electron chi connectivity index (χ1n) is 5.85. The van der Waals surface area contributed by atoms with Gasteiger partial charge in [0.25, 0.3) is 0 Å². The van der Waals surface area contributed by atoms with E-state index in [0.29, 0.717) is 5.95 Å². The van der Waals surface area contributed by atoms with Crippen molar-refractivity contribution in [3.8, 4) is 0 Å². The fraction of sp³-hybridized carbons (Fsp3) is 0.231. The van der Waals surface area contributed by atoms with Crippen molar-refractivity contribution < 1.29 is 0 Å². The number of hydrogen-bond donors (Lipinski definition) is 1. The van der Waals surface area contributed by atoms with Crippen molar-refractivity contribution in [1.82, 2.24) is 14.6 Å². The van der Waals surface area contributed by atoms with E-state index in [1.165, 1.54) is 10.4 Å². The van der Waals surface area contributed by atoms with Gasteiger partial charge in [-0.2, -0.15) is 4.98 Å². The molecule has 5 heteroatoms. The molecule has 1 unspecified atom stereocenters. The monoisotopic (exact) mass is 258 g/mol. The van der Waals surface area contributed by atoms with Crippen LogP contribution in [0.4, 0.5) is 5.95 Å². The van der Waals surface area contributed by atoms with Gasteiger partial charge in [-0.25, -0.2) is 4.52 Å². The van der Waals surface area contributed by atoms with E-state index in [9.17, 15) is 0 Å². The van der Waals surface area contributed by atoms with E-state index in [0.717, 1.165) is 5.65 Å². The van der Waals surface area contributed by atoms with Crippen LogP contribution in [0.15, 0.2) is 35.8 Å². The van der Waals surface area contributed by atoms with Crippen molar-refractivity contribution in [1.29, 1.82) is 0 Å². The van der Waals surface area contributed by atoms with E-state index in [-0.39, 0.29) is 6.04 Å². The molecule has 0 spiro atoms. The maximum absolute atomic E-state index is 4.47. The van der Waals surface area contributed by atoms with Crippen LogP contribution >= 0.6 is 11.3 Å². The lowest BCUT2D eigenvalue weighted by molar-refractivity contribution is 0.869. The number of fused-ring (bicyclic) bond motifs is 1. The fourth-order valence-corrected chi connectivity index (χ4v) is 2.58. The van der Waals surface area contributed by atoms with Gasteiger partial charge in [0.15, 0.2) is 5.65 Å². The van der Waals surface area contributed by atoms with Crippen LogP contribution in [0, 0.1) is 6.92 Å². The average Bonchev–Trinajstić information content (AvgIpc) is 2.95. The molecule has 18 heavy (non-hydrogen) atoms. The molecule has 4 nitrogen and oxygen atoms in total. The van der Waals surface area contributed by atoms with E-state index in [2.05, 4.69) is 46.8 Å². The van der Waals surface area contributed by atoms with Crippen molar-refractivity contribution >= 4 is 22.9 Å². The second kappa shape index (κ2) is 4.42. The summed E-state index contributed by atoms with van der Waals surface area (Å²) in [6.07, 6.45) is 1.93. The van der Waals surface area contributed by atoms with E-state index < -0.39 is 0 Å². The Bertz CT molecular complexity index is 657.